The number of carboxylic acid groups (broad SMARTS) is 1. The standard InChI is InChI=1S/C9H5IO3S/c10-8-7(11)6-4(9(12)13)2-1-3-5(6)14-8/h1-3,11H,(H,12,13). The summed E-state index contributed by atoms with van der Waals surface area (Å²) in [6.45, 7) is 0. The molecule has 0 aliphatic carbocycles. The van der Waals surface area contributed by atoms with Crippen molar-refractivity contribution in [3.8, 4) is 5.75 Å². The van der Waals surface area contributed by atoms with Crippen molar-refractivity contribution in [1.82, 2.24) is 0 Å². The fourth-order valence-corrected chi connectivity index (χ4v) is 3.11. The Bertz CT molecular complexity index is 518. The fraction of sp³-hybridized carbons (Fsp3) is 0. The van der Waals surface area contributed by atoms with E-state index in [9.17, 15) is 9.90 Å². The molecule has 0 radical (unpaired) electrons. The molecular weight excluding hydrogens is 315 g/mol. The Kier molecular flexibility index (Phi) is 2.36. The van der Waals surface area contributed by atoms with E-state index in [4.69, 9.17) is 5.11 Å². The Balaban J connectivity index is 2.91. The lowest BCUT2D eigenvalue weighted by atomic mass is 10.1. The van der Waals surface area contributed by atoms with E-state index in [-0.39, 0.29) is 11.3 Å². The lowest BCUT2D eigenvalue weighted by Crippen LogP contribution is -1.95. The third-order valence-corrected chi connectivity index (χ3v) is 3.98. The van der Waals surface area contributed by atoms with Gasteiger partial charge in [0.1, 0.15) is 8.63 Å². The molecule has 1 aromatic carbocycles. The molecule has 0 fully saturated rings. The molecule has 0 amide bonds. The molecule has 2 rings (SSSR count). The predicted octanol–water partition coefficient (Wildman–Crippen LogP) is 2.91. The summed E-state index contributed by atoms with van der Waals surface area (Å²) in [6, 6.07) is 4.97. The van der Waals surface area contributed by atoms with E-state index >= 15 is 0 Å². The molecule has 14 heavy (non-hydrogen) atoms. The predicted molar refractivity (Wildman–Crippen MR) is 63.2 cm³/mol. The quantitative estimate of drug-likeness (QED) is 0.795. The number of carbonyl (C=O) groups is 1. The molecule has 2 N–H and O–H groups in total. The number of carboxylic acids is 1. The van der Waals surface area contributed by atoms with Gasteiger partial charge in [-0.05, 0) is 34.7 Å². The zero-order valence-corrected chi connectivity index (χ0v) is 9.79. The molecule has 0 saturated carbocycles. The Morgan fingerprint density at radius 3 is 2.79 bits per heavy atom. The summed E-state index contributed by atoms with van der Waals surface area (Å²) in [6.07, 6.45) is 0. The van der Waals surface area contributed by atoms with Crippen molar-refractivity contribution in [3.63, 3.8) is 0 Å². The van der Waals surface area contributed by atoms with Crippen LogP contribution in [0.3, 0.4) is 0 Å². The van der Waals surface area contributed by atoms with Crippen LogP contribution < -0.4 is 0 Å². The third-order valence-electron chi connectivity index (χ3n) is 1.88. The van der Waals surface area contributed by atoms with Crippen LogP contribution in [0.1, 0.15) is 10.4 Å². The first kappa shape index (κ1) is 9.72. The van der Waals surface area contributed by atoms with Crippen LogP contribution in [0.4, 0.5) is 0 Å². The van der Waals surface area contributed by atoms with Gasteiger partial charge < -0.3 is 10.2 Å². The first-order valence-electron chi connectivity index (χ1n) is 3.74. The van der Waals surface area contributed by atoms with Crippen LogP contribution in [0.15, 0.2) is 18.2 Å². The largest absolute Gasteiger partial charge is 0.505 e. The molecule has 0 unspecified atom stereocenters. The molecule has 0 spiro atoms. The van der Waals surface area contributed by atoms with Gasteiger partial charge in [-0.25, -0.2) is 4.79 Å². The highest BCUT2D eigenvalue weighted by molar-refractivity contribution is 14.1. The average molecular weight is 320 g/mol. The number of aromatic hydroxyl groups is 1. The number of benzene rings is 1. The first-order valence-corrected chi connectivity index (χ1v) is 5.64. The molecular formula is C9H5IO3S. The number of halogens is 1. The van der Waals surface area contributed by atoms with Crippen molar-refractivity contribution in [2.45, 2.75) is 0 Å². The van der Waals surface area contributed by atoms with Gasteiger partial charge in [0.25, 0.3) is 0 Å². The Morgan fingerprint density at radius 2 is 2.14 bits per heavy atom. The maximum Gasteiger partial charge on any atom is 0.336 e. The van der Waals surface area contributed by atoms with Gasteiger partial charge in [0, 0.05) is 4.70 Å². The highest BCUT2D eigenvalue weighted by Gasteiger charge is 2.16. The van der Waals surface area contributed by atoms with E-state index in [0.29, 0.717) is 8.27 Å². The van der Waals surface area contributed by atoms with E-state index in [1.54, 1.807) is 12.1 Å². The molecule has 1 aromatic heterocycles. The van der Waals surface area contributed by atoms with Crippen LogP contribution in [0.2, 0.25) is 0 Å². The summed E-state index contributed by atoms with van der Waals surface area (Å²) in [5.74, 6) is -0.941. The number of hydrogen-bond donors (Lipinski definition) is 2. The van der Waals surface area contributed by atoms with Crippen LogP contribution in [0, 0.1) is 2.88 Å². The third kappa shape index (κ3) is 1.36. The lowest BCUT2D eigenvalue weighted by molar-refractivity contribution is 0.0699. The van der Waals surface area contributed by atoms with Crippen LogP contribution in [0.25, 0.3) is 10.1 Å². The highest BCUT2D eigenvalue weighted by Crippen LogP contribution is 2.39. The summed E-state index contributed by atoms with van der Waals surface area (Å²) in [4.78, 5) is 10.9. The smallest absolute Gasteiger partial charge is 0.336 e. The van der Waals surface area contributed by atoms with Crippen molar-refractivity contribution < 1.29 is 15.0 Å². The molecule has 0 bridgehead atoms. The maximum atomic E-state index is 10.9. The van der Waals surface area contributed by atoms with Gasteiger partial charge in [-0.3, -0.25) is 0 Å². The Hall–Kier alpha value is -0.820. The van der Waals surface area contributed by atoms with Crippen LogP contribution in [0.5, 0.6) is 5.75 Å². The lowest BCUT2D eigenvalue weighted by Gasteiger charge is -1.96. The second kappa shape index (κ2) is 3.39. The Morgan fingerprint density at radius 1 is 1.43 bits per heavy atom. The number of hydrogen-bond acceptors (Lipinski definition) is 3. The zero-order chi connectivity index (χ0) is 10.3. The molecule has 3 nitrogen and oxygen atoms in total. The van der Waals surface area contributed by atoms with Gasteiger partial charge in [-0.15, -0.1) is 11.3 Å². The van der Waals surface area contributed by atoms with Gasteiger partial charge in [-0.1, -0.05) is 6.07 Å². The number of rotatable bonds is 1. The minimum absolute atomic E-state index is 0.0728. The van der Waals surface area contributed by atoms with Crippen LogP contribution >= 0.6 is 33.9 Å². The summed E-state index contributed by atoms with van der Waals surface area (Å²) < 4.78 is 1.51. The zero-order valence-electron chi connectivity index (χ0n) is 6.82. The minimum Gasteiger partial charge on any atom is -0.505 e. The van der Waals surface area contributed by atoms with E-state index < -0.39 is 5.97 Å². The topological polar surface area (TPSA) is 57.5 Å². The first-order chi connectivity index (χ1) is 6.61. The molecule has 5 heteroatoms. The fourth-order valence-electron chi connectivity index (χ4n) is 1.28. The van der Waals surface area contributed by atoms with E-state index in [2.05, 4.69) is 0 Å². The number of fused-ring (bicyclic) bond motifs is 1. The van der Waals surface area contributed by atoms with Crippen LogP contribution in [-0.4, -0.2) is 16.2 Å². The van der Waals surface area contributed by atoms with Crippen molar-refractivity contribution in [2.24, 2.45) is 0 Å². The molecule has 2 aromatic rings. The van der Waals surface area contributed by atoms with Gasteiger partial charge >= 0.3 is 5.97 Å². The number of thiophene rings is 1. The monoisotopic (exact) mass is 320 g/mol. The summed E-state index contributed by atoms with van der Waals surface area (Å²) >= 11 is 3.38. The SMILES string of the molecule is O=C(O)c1cccc2sc(I)c(O)c12. The molecule has 0 saturated heterocycles. The average Bonchev–Trinajstić information content (AvgIpc) is 2.43. The van der Waals surface area contributed by atoms with Gasteiger partial charge in [0.2, 0.25) is 0 Å². The van der Waals surface area contributed by atoms with Crippen LogP contribution in [-0.2, 0) is 0 Å². The summed E-state index contributed by atoms with van der Waals surface area (Å²) in [5.41, 5.74) is 0.152. The molecule has 0 aliphatic rings. The van der Waals surface area contributed by atoms with Gasteiger partial charge in [0.15, 0.2) is 0 Å². The summed E-state index contributed by atoms with van der Waals surface area (Å²) in [7, 11) is 0. The number of aromatic carboxylic acids is 1. The second-order valence-corrected chi connectivity index (χ2v) is 5.57. The molecule has 0 atom stereocenters. The van der Waals surface area contributed by atoms with Crippen molar-refractivity contribution in [3.05, 3.63) is 26.6 Å². The van der Waals surface area contributed by atoms with Gasteiger partial charge in [0.05, 0.1) is 10.9 Å². The van der Waals surface area contributed by atoms with Crippen molar-refractivity contribution in [1.29, 1.82) is 0 Å². The molecule has 0 aliphatic heterocycles. The maximum absolute atomic E-state index is 10.9. The van der Waals surface area contributed by atoms with Crippen molar-refractivity contribution >= 4 is 50.0 Å². The highest BCUT2D eigenvalue weighted by atomic mass is 127. The molecule has 72 valence electrons. The summed E-state index contributed by atoms with van der Waals surface area (Å²) in [5, 5.41) is 19.0. The molecule has 1 heterocycles. The van der Waals surface area contributed by atoms with E-state index in [1.165, 1.54) is 17.4 Å². The Labute approximate surface area is 97.1 Å². The van der Waals surface area contributed by atoms with E-state index in [0.717, 1.165) is 4.70 Å². The van der Waals surface area contributed by atoms with Crippen molar-refractivity contribution in [2.75, 3.05) is 0 Å². The normalized spacial score (nSPS) is 10.6. The van der Waals surface area contributed by atoms with Gasteiger partial charge in [-0.2, -0.15) is 0 Å². The minimum atomic E-state index is -1.01. The van der Waals surface area contributed by atoms with E-state index in [1.807, 2.05) is 22.6 Å². The second-order valence-electron chi connectivity index (χ2n) is 2.71.